The molecule has 0 amide bonds. The largest absolute Gasteiger partial charge is 0.256 e. The van der Waals surface area contributed by atoms with Crippen molar-refractivity contribution in [3.63, 3.8) is 0 Å². The van der Waals surface area contributed by atoms with E-state index in [1.54, 1.807) is 0 Å². The van der Waals surface area contributed by atoms with E-state index >= 15 is 0 Å². The molecule has 0 atom stereocenters. The summed E-state index contributed by atoms with van der Waals surface area (Å²) in [4.78, 5) is 6.08. The van der Waals surface area contributed by atoms with Crippen LogP contribution in [0.5, 0.6) is 0 Å². The summed E-state index contributed by atoms with van der Waals surface area (Å²) in [5, 5.41) is 3.94. The van der Waals surface area contributed by atoms with Crippen LogP contribution in [-0.2, 0) is 5.41 Å². The number of fused-ring (bicyclic) bond motifs is 2. The first-order valence-corrected chi connectivity index (χ1v) is 11.2. The summed E-state index contributed by atoms with van der Waals surface area (Å²) in [6.45, 7) is 9.07. The highest BCUT2D eigenvalue weighted by Crippen LogP contribution is 2.40. The zero-order valence-electron chi connectivity index (χ0n) is 17.9. The molecule has 0 fully saturated rings. The molecule has 1 nitrogen and oxygen atoms in total. The first-order chi connectivity index (χ1) is 14.4. The standard InChI is InChI=1S/C28H25NS/c1-18-22-10-7-8-12-26(22)30-27(18)20-13-14-29-25(17-20)21-15-19-9-5-6-11-23(19)24(16-21)28(2,3)4/h5-17H,1-4H3. The van der Waals surface area contributed by atoms with Gasteiger partial charge in [0.05, 0.1) is 5.69 Å². The highest BCUT2D eigenvalue weighted by molar-refractivity contribution is 7.22. The Bertz CT molecular complexity index is 1390. The monoisotopic (exact) mass is 407 g/mol. The number of hydrogen-bond donors (Lipinski definition) is 0. The van der Waals surface area contributed by atoms with Gasteiger partial charge in [0.25, 0.3) is 0 Å². The Morgan fingerprint density at radius 1 is 0.767 bits per heavy atom. The van der Waals surface area contributed by atoms with Crippen LogP contribution in [0.25, 0.3) is 42.6 Å². The maximum atomic E-state index is 4.75. The molecule has 30 heavy (non-hydrogen) atoms. The predicted octanol–water partition coefficient (Wildman–Crippen LogP) is 8.39. The quantitative estimate of drug-likeness (QED) is 0.286. The number of aromatic nitrogens is 1. The lowest BCUT2D eigenvalue weighted by molar-refractivity contribution is 0.596. The summed E-state index contributed by atoms with van der Waals surface area (Å²) in [7, 11) is 0. The van der Waals surface area contributed by atoms with Crippen LogP contribution in [0.15, 0.2) is 79.0 Å². The molecule has 0 radical (unpaired) electrons. The first kappa shape index (κ1) is 19.0. The van der Waals surface area contributed by atoms with Crippen molar-refractivity contribution in [2.75, 3.05) is 0 Å². The van der Waals surface area contributed by atoms with Gasteiger partial charge in [-0.3, -0.25) is 4.98 Å². The van der Waals surface area contributed by atoms with E-state index in [9.17, 15) is 0 Å². The SMILES string of the molecule is Cc1c(-c2ccnc(-c3cc(C(C)(C)C)c4ccccc4c3)c2)sc2ccccc12. The average molecular weight is 408 g/mol. The minimum Gasteiger partial charge on any atom is -0.256 e. The lowest BCUT2D eigenvalue weighted by Crippen LogP contribution is -2.12. The van der Waals surface area contributed by atoms with Gasteiger partial charge in [-0.1, -0.05) is 63.2 Å². The molecule has 0 unspecified atom stereocenters. The van der Waals surface area contributed by atoms with Gasteiger partial charge in [0.2, 0.25) is 0 Å². The molecule has 0 N–H and O–H groups in total. The molecule has 2 heterocycles. The molecule has 0 saturated carbocycles. The number of aryl methyl sites for hydroxylation is 1. The molecule has 0 aliphatic heterocycles. The van der Waals surface area contributed by atoms with Gasteiger partial charge >= 0.3 is 0 Å². The van der Waals surface area contributed by atoms with Crippen LogP contribution < -0.4 is 0 Å². The van der Waals surface area contributed by atoms with Gasteiger partial charge in [0.15, 0.2) is 0 Å². The van der Waals surface area contributed by atoms with Crippen LogP contribution in [0.2, 0.25) is 0 Å². The Hall–Kier alpha value is -2.97. The fraction of sp³-hybridized carbons (Fsp3) is 0.179. The summed E-state index contributed by atoms with van der Waals surface area (Å²) >= 11 is 1.86. The maximum Gasteiger partial charge on any atom is 0.0708 e. The van der Waals surface area contributed by atoms with Crippen molar-refractivity contribution in [1.29, 1.82) is 0 Å². The first-order valence-electron chi connectivity index (χ1n) is 10.4. The van der Waals surface area contributed by atoms with Gasteiger partial charge in [-0.15, -0.1) is 11.3 Å². The van der Waals surface area contributed by atoms with Crippen LogP contribution in [-0.4, -0.2) is 4.98 Å². The second kappa shape index (κ2) is 7.07. The summed E-state index contributed by atoms with van der Waals surface area (Å²) in [5.41, 5.74) is 6.22. The molecule has 148 valence electrons. The van der Waals surface area contributed by atoms with E-state index in [-0.39, 0.29) is 5.41 Å². The second-order valence-electron chi connectivity index (χ2n) is 8.98. The van der Waals surface area contributed by atoms with Crippen LogP contribution >= 0.6 is 11.3 Å². The van der Waals surface area contributed by atoms with Crippen molar-refractivity contribution in [1.82, 2.24) is 4.98 Å². The molecule has 0 aliphatic rings. The van der Waals surface area contributed by atoms with Crippen molar-refractivity contribution < 1.29 is 0 Å². The van der Waals surface area contributed by atoms with Crippen LogP contribution in [0, 0.1) is 6.92 Å². The van der Waals surface area contributed by atoms with Gasteiger partial charge in [-0.05, 0) is 75.5 Å². The number of thiophene rings is 1. The number of benzene rings is 3. The third kappa shape index (κ3) is 3.22. The van der Waals surface area contributed by atoms with Crippen molar-refractivity contribution in [3.05, 3.63) is 90.1 Å². The Morgan fingerprint density at radius 3 is 2.27 bits per heavy atom. The van der Waals surface area contributed by atoms with Crippen LogP contribution in [0.3, 0.4) is 0 Å². The Kier molecular flexibility index (Phi) is 4.48. The van der Waals surface area contributed by atoms with Gasteiger partial charge in [-0.25, -0.2) is 0 Å². The third-order valence-electron chi connectivity index (χ3n) is 5.83. The Balaban J connectivity index is 1.69. The summed E-state index contributed by atoms with van der Waals surface area (Å²) in [6, 6.07) is 26.3. The number of pyridine rings is 1. The zero-order chi connectivity index (χ0) is 20.9. The predicted molar refractivity (Wildman–Crippen MR) is 131 cm³/mol. The topological polar surface area (TPSA) is 12.9 Å². The number of nitrogens with zero attached hydrogens (tertiary/aromatic N) is 1. The van der Waals surface area contributed by atoms with Gasteiger partial charge in [-0.2, -0.15) is 0 Å². The molecule has 3 aromatic carbocycles. The Morgan fingerprint density at radius 2 is 1.50 bits per heavy atom. The van der Waals surface area contributed by atoms with E-state index < -0.39 is 0 Å². The third-order valence-corrected chi connectivity index (χ3v) is 7.15. The van der Waals surface area contributed by atoms with E-state index in [4.69, 9.17) is 4.98 Å². The van der Waals surface area contributed by atoms with Crippen molar-refractivity contribution in [2.45, 2.75) is 33.1 Å². The number of rotatable bonds is 2. The van der Waals surface area contributed by atoms with E-state index in [0.717, 1.165) is 5.69 Å². The highest BCUT2D eigenvalue weighted by Gasteiger charge is 2.19. The lowest BCUT2D eigenvalue weighted by atomic mass is 9.82. The van der Waals surface area contributed by atoms with Gasteiger partial charge in [0, 0.05) is 21.3 Å². The molecule has 0 saturated heterocycles. The van der Waals surface area contributed by atoms with E-state index in [1.807, 2.05) is 17.5 Å². The van der Waals surface area contributed by atoms with Gasteiger partial charge < -0.3 is 0 Å². The molecule has 5 aromatic rings. The molecule has 2 aromatic heterocycles. The van der Waals surface area contributed by atoms with Crippen molar-refractivity contribution in [2.24, 2.45) is 0 Å². The smallest absolute Gasteiger partial charge is 0.0708 e. The summed E-state index contributed by atoms with van der Waals surface area (Å²) in [5.74, 6) is 0. The minimum atomic E-state index is 0.0648. The van der Waals surface area contributed by atoms with Crippen molar-refractivity contribution >= 4 is 32.2 Å². The molecule has 5 rings (SSSR count). The maximum absolute atomic E-state index is 4.75. The average Bonchev–Trinajstić information content (AvgIpc) is 3.09. The van der Waals surface area contributed by atoms with Crippen molar-refractivity contribution in [3.8, 4) is 21.7 Å². The van der Waals surface area contributed by atoms with Gasteiger partial charge in [0.1, 0.15) is 0 Å². The Labute approximate surface area is 182 Å². The minimum absolute atomic E-state index is 0.0648. The fourth-order valence-electron chi connectivity index (χ4n) is 4.26. The fourth-order valence-corrected chi connectivity index (χ4v) is 5.46. The second-order valence-corrected chi connectivity index (χ2v) is 10.0. The molecular weight excluding hydrogens is 382 g/mol. The summed E-state index contributed by atoms with van der Waals surface area (Å²) in [6.07, 6.45) is 1.94. The molecule has 2 heteroatoms. The zero-order valence-corrected chi connectivity index (χ0v) is 18.7. The van der Waals surface area contributed by atoms with Crippen LogP contribution in [0.1, 0.15) is 31.9 Å². The molecule has 0 aliphatic carbocycles. The lowest BCUT2D eigenvalue weighted by Gasteiger charge is -2.22. The van der Waals surface area contributed by atoms with E-state index in [0.29, 0.717) is 0 Å². The molecular formula is C28H25NS. The highest BCUT2D eigenvalue weighted by atomic mass is 32.1. The van der Waals surface area contributed by atoms with E-state index in [2.05, 4.69) is 100 Å². The van der Waals surface area contributed by atoms with Crippen LogP contribution in [0.4, 0.5) is 0 Å². The van der Waals surface area contributed by atoms with E-state index in [1.165, 1.54) is 48.0 Å². The molecule has 0 bridgehead atoms. The number of hydrogen-bond acceptors (Lipinski definition) is 2. The summed E-state index contributed by atoms with van der Waals surface area (Å²) < 4.78 is 1.34. The normalized spacial score (nSPS) is 12.0. The molecule has 0 spiro atoms.